The number of hydrogen-bond donors (Lipinski definition) is 2. The molecule has 27 heavy (non-hydrogen) atoms. The molecule has 0 aliphatic heterocycles. The summed E-state index contributed by atoms with van der Waals surface area (Å²) < 4.78 is 5.91. The summed E-state index contributed by atoms with van der Waals surface area (Å²) in [6.07, 6.45) is 2.55. The second-order valence-electron chi connectivity index (χ2n) is 6.72. The van der Waals surface area contributed by atoms with Gasteiger partial charge in [0.1, 0.15) is 12.4 Å². The van der Waals surface area contributed by atoms with Crippen molar-refractivity contribution in [1.82, 2.24) is 15.2 Å². The van der Waals surface area contributed by atoms with Crippen LogP contribution in [0, 0.1) is 6.92 Å². The van der Waals surface area contributed by atoms with Crippen molar-refractivity contribution in [2.24, 2.45) is 5.73 Å². The van der Waals surface area contributed by atoms with Gasteiger partial charge in [0.05, 0.1) is 11.2 Å². The number of aryl methyl sites for hydroxylation is 1. The van der Waals surface area contributed by atoms with Crippen LogP contribution in [-0.4, -0.2) is 27.8 Å². The Hall–Kier alpha value is -3.18. The third kappa shape index (κ3) is 3.99. The molecule has 0 fully saturated rings. The van der Waals surface area contributed by atoms with Gasteiger partial charge in [0.2, 0.25) is 0 Å². The van der Waals surface area contributed by atoms with Gasteiger partial charge in [-0.25, -0.2) is 0 Å². The van der Waals surface area contributed by atoms with Crippen LogP contribution in [0.15, 0.2) is 66.9 Å². The predicted molar refractivity (Wildman–Crippen MR) is 108 cm³/mol. The molecule has 0 bridgehead atoms. The van der Waals surface area contributed by atoms with E-state index < -0.39 is 0 Å². The van der Waals surface area contributed by atoms with Crippen molar-refractivity contribution >= 4 is 10.9 Å². The van der Waals surface area contributed by atoms with Crippen LogP contribution in [-0.2, 0) is 6.42 Å². The lowest BCUT2D eigenvalue weighted by Gasteiger charge is -2.14. The Morgan fingerprint density at radius 2 is 1.93 bits per heavy atom. The number of rotatable bonds is 6. The van der Waals surface area contributed by atoms with Gasteiger partial charge in [-0.2, -0.15) is 5.10 Å². The van der Waals surface area contributed by atoms with E-state index in [1.807, 2.05) is 49.4 Å². The summed E-state index contributed by atoms with van der Waals surface area (Å²) >= 11 is 0. The van der Waals surface area contributed by atoms with Crippen molar-refractivity contribution in [1.29, 1.82) is 0 Å². The lowest BCUT2D eigenvalue weighted by Crippen LogP contribution is -2.30. The molecular formula is C22H22N4O. The molecule has 136 valence electrons. The molecule has 0 radical (unpaired) electrons. The summed E-state index contributed by atoms with van der Waals surface area (Å²) in [4.78, 5) is 4.48. The zero-order valence-electron chi connectivity index (χ0n) is 15.2. The number of aromatic nitrogens is 3. The first-order valence-corrected chi connectivity index (χ1v) is 9.02. The Bertz CT molecular complexity index is 1040. The largest absolute Gasteiger partial charge is 0.492 e. The van der Waals surface area contributed by atoms with E-state index in [0.29, 0.717) is 6.61 Å². The van der Waals surface area contributed by atoms with Crippen LogP contribution in [0.3, 0.4) is 0 Å². The van der Waals surface area contributed by atoms with Crippen LogP contribution in [0.25, 0.3) is 22.2 Å². The number of pyridine rings is 1. The SMILES string of the molecule is Cc1[nH]nc2ccc(-c3cc(OCC(N)Cc4ccccc4)ccn3)cc12. The number of nitrogens with one attached hydrogen (secondary N) is 1. The molecule has 2 heterocycles. The van der Waals surface area contributed by atoms with Crippen molar-refractivity contribution in [3.8, 4) is 17.0 Å². The lowest BCUT2D eigenvalue weighted by molar-refractivity contribution is 0.287. The third-order valence-electron chi connectivity index (χ3n) is 4.58. The maximum absolute atomic E-state index is 6.22. The molecule has 0 saturated heterocycles. The number of fused-ring (bicyclic) bond motifs is 1. The zero-order chi connectivity index (χ0) is 18.6. The number of nitrogens with zero attached hydrogens (tertiary/aromatic N) is 2. The normalized spacial score (nSPS) is 12.2. The van der Waals surface area contributed by atoms with Crippen molar-refractivity contribution in [2.45, 2.75) is 19.4 Å². The highest BCUT2D eigenvalue weighted by molar-refractivity contribution is 5.85. The van der Waals surface area contributed by atoms with Gasteiger partial charge in [0.25, 0.3) is 0 Å². The molecule has 0 spiro atoms. The van der Waals surface area contributed by atoms with Gasteiger partial charge < -0.3 is 10.5 Å². The van der Waals surface area contributed by atoms with Crippen LogP contribution in [0.4, 0.5) is 0 Å². The van der Waals surface area contributed by atoms with E-state index in [1.165, 1.54) is 5.56 Å². The van der Waals surface area contributed by atoms with Crippen LogP contribution < -0.4 is 10.5 Å². The van der Waals surface area contributed by atoms with Crippen molar-refractivity contribution in [2.75, 3.05) is 6.61 Å². The Labute approximate surface area is 158 Å². The number of nitrogens with two attached hydrogens (primary N) is 1. The van der Waals surface area contributed by atoms with Gasteiger partial charge in [0.15, 0.2) is 0 Å². The first kappa shape index (κ1) is 17.2. The minimum Gasteiger partial charge on any atom is -0.492 e. The Morgan fingerprint density at radius 1 is 1.07 bits per heavy atom. The van der Waals surface area contributed by atoms with Gasteiger partial charge in [0, 0.05) is 34.9 Å². The Balaban J connectivity index is 1.46. The number of benzene rings is 2. The fourth-order valence-corrected chi connectivity index (χ4v) is 3.14. The van der Waals surface area contributed by atoms with Crippen molar-refractivity contribution < 1.29 is 4.74 Å². The molecule has 0 amide bonds. The van der Waals surface area contributed by atoms with E-state index in [9.17, 15) is 0 Å². The van der Waals surface area contributed by atoms with E-state index in [-0.39, 0.29) is 6.04 Å². The molecule has 4 aromatic rings. The molecule has 5 heteroatoms. The minimum atomic E-state index is -0.0612. The molecule has 4 rings (SSSR count). The molecule has 2 aromatic heterocycles. The highest BCUT2D eigenvalue weighted by Gasteiger charge is 2.08. The molecule has 0 aliphatic carbocycles. The standard InChI is InChI=1S/C22H22N4O/c1-15-20-12-17(7-8-21(20)26-25-15)22-13-19(9-10-24-22)27-14-18(23)11-16-5-3-2-4-6-16/h2-10,12-13,18H,11,14,23H2,1H3,(H,25,26). The number of ether oxygens (including phenoxy) is 1. The van der Waals surface area contributed by atoms with E-state index in [2.05, 4.69) is 33.4 Å². The molecule has 0 aliphatic rings. The molecule has 0 saturated carbocycles. The number of H-pyrrole nitrogens is 1. The van der Waals surface area contributed by atoms with Crippen molar-refractivity contribution in [3.05, 3.63) is 78.1 Å². The van der Waals surface area contributed by atoms with Gasteiger partial charge in [-0.3, -0.25) is 10.1 Å². The fraction of sp³-hybridized carbons (Fsp3) is 0.182. The number of aromatic amines is 1. The Kier molecular flexibility index (Phi) is 4.85. The van der Waals surface area contributed by atoms with Crippen LogP contribution in [0.5, 0.6) is 5.75 Å². The van der Waals surface area contributed by atoms with Gasteiger partial charge in [-0.15, -0.1) is 0 Å². The topological polar surface area (TPSA) is 76.8 Å². The van der Waals surface area contributed by atoms with Crippen LogP contribution in [0.1, 0.15) is 11.3 Å². The molecule has 1 atom stereocenters. The van der Waals surface area contributed by atoms with E-state index in [0.717, 1.165) is 40.0 Å². The van der Waals surface area contributed by atoms with Crippen LogP contribution >= 0.6 is 0 Å². The molecular weight excluding hydrogens is 336 g/mol. The summed E-state index contributed by atoms with van der Waals surface area (Å²) in [6, 6.07) is 20.1. The van der Waals surface area contributed by atoms with E-state index >= 15 is 0 Å². The van der Waals surface area contributed by atoms with Gasteiger partial charge in [-0.05, 0) is 37.1 Å². The molecule has 1 unspecified atom stereocenters. The monoisotopic (exact) mass is 358 g/mol. The summed E-state index contributed by atoms with van der Waals surface area (Å²) in [5, 5.41) is 8.38. The predicted octanol–water partition coefficient (Wildman–Crippen LogP) is 3.88. The van der Waals surface area contributed by atoms with Crippen LogP contribution in [0.2, 0.25) is 0 Å². The minimum absolute atomic E-state index is 0.0612. The highest BCUT2D eigenvalue weighted by atomic mass is 16.5. The number of hydrogen-bond acceptors (Lipinski definition) is 4. The third-order valence-corrected chi connectivity index (χ3v) is 4.58. The second kappa shape index (κ2) is 7.60. The summed E-state index contributed by atoms with van der Waals surface area (Å²) in [5.41, 5.74) is 11.3. The maximum atomic E-state index is 6.22. The zero-order valence-corrected chi connectivity index (χ0v) is 15.2. The molecule has 2 aromatic carbocycles. The average Bonchev–Trinajstić information content (AvgIpc) is 3.08. The summed E-state index contributed by atoms with van der Waals surface area (Å²) in [5.74, 6) is 0.771. The summed E-state index contributed by atoms with van der Waals surface area (Å²) in [7, 11) is 0. The summed E-state index contributed by atoms with van der Waals surface area (Å²) in [6.45, 7) is 2.47. The van der Waals surface area contributed by atoms with E-state index in [4.69, 9.17) is 10.5 Å². The lowest BCUT2D eigenvalue weighted by atomic mass is 10.1. The van der Waals surface area contributed by atoms with Crippen molar-refractivity contribution in [3.63, 3.8) is 0 Å². The van der Waals surface area contributed by atoms with Gasteiger partial charge >= 0.3 is 0 Å². The molecule has 5 nitrogen and oxygen atoms in total. The first-order chi connectivity index (χ1) is 13.2. The average molecular weight is 358 g/mol. The first-order valence-electron chi connectivity index (χ1n) is 9.02. The highest BCUT2D eigenvalue weighted by Crippen LogP contribution is 2.26. The smallest absolute Gasteiger partial charge is 0.123 e. The molecule has 3 N–H and O–H groups in total. The Morgan fingerprint density at radius 3 is 2.78 bits per heavy atom. The van der Waals surface area contributed by atoms with E-state index in [1.54, 1.807) is 6.20 Å². The quantitative estimate of drug-likeness (QED) is 0.548. The maximum Gasteiger partial charge on any atom is 0.123 e. The van der Waals surface area contributed by atoms with Gasteiger partial charge in [-0.1, -0.05) is 36.4 Å². The second-order valence-corrected chi connectivity index (χ2v) is 6.72. The fourth-order valence-electron chi connectivity index (χ4n) is 3.14.